The van der Waals surface area contributed by atoms with E-state index in [1.807, 2.05) is 12.1 Å². The van der Waals surface area contributed by atoms with E-state index in [0.29, 0.717) is 12.1 Å². The van der Waals surface area contributed by atoms with Crippen molar-refractivity contribution in [2.75, 3.05) is 4.90 Å². The third kappa shape index (κ3) is 1.44. The summed E-state index contributed by atoms with van der Waals surface area (Å²) >= 11 is 0. The second-order valence-electron chi connectivity index (χ2n) is 4.35. The average Bonchev–Trinajstić information content (AvgIpc) is 2.51. The van der Waals surface area contributed by atoms with Crippen LogP contribution in [0, 0.1) is 5.82 Å². The number of benzene rings is 1. The molecular formula is C13H14FN. The maximum absolute atomic E-state index is 12.8. The summed E-state index contributed by atoms with van der Waals surface area (Å²) in [6.45, 7) is 0. The van der Waals surface area contributed by atoms with Gasteiger partial charge < -0.3 is 4.90 Å². The van der Waals surface area contributed by atoms with Crippen LogP contribution < -0.4 is 4.90 Å². The van der Waals surface area contributed by atoms with Crippen LogP contribution in [0.4, 0.5) is 10.1 Å². The van der Waals surface area contributed by atoms with Gasteiger partial charge in [0.1, 0.15) is 5.82 Å². The molecule has 1 saturated heterocycles. The Bertz CT molecular complexity index is 382. The number of halogens is 1. The van der Waals surface area contributed by atoms with E-state index in [9.17, 15) is 4.39 Å². The first-order valence-electron chi connectivity index (χ1n) is 5.55. The molecular weight excluding hydrogens is 189 g/mol. The van der Waals surface area contributed by atoms with E-state index in [0.717, 1.165) is 12.1 Å². The summed E-state index contributed by atoms with van der Waals surface area (Å²) in [6, 6.07) is 8.04. The summed E-state index contributed by atoms with van der Waals surface area (Å²) in [5.41, 5.74) is 1.16. The van der Waals surface area contributed by atoms with E-state index in [1.165, 1.54) is 12.8 Å². The van der Waals surface area contributed by atoms with Crippen LogP contribution in [-0.2, 0) is 0 Å². The lowest BCUT2D eigenvalue weighted by atomic mass is 10.1. The molecule has 0 saturated carbocycles. The van der Waals surface area contributed by atoms with E-state index >= 15 is 0 Å². The topological polar surface area (TPSA) is 3.24 Å². The summed E-state index contributed by atoms with van der Waals surface area (Å²) in [7, 11) is 0. The van der Waals surface area contributed by atoms with Crippen molar-refractivity contribution in [3.8, 4) is 0 Å². The number of nitrogens with zero attached hydrogens (tertiary/aromatic N) is 1. The lowest BCUT2D eigenvalue weighted by molar-refractivity contribution is 0.623. The molecule has 2 atom stereocenters. The van der Waals surface area contributed by atoms with Gasteiger partial charge in [-0.15, -0.1) is 0 Å². The Balaban J connectivity index is 1.94. The van der Waals surface area contributed by atoms with E-state index in [-0.39, 0.29) is 5.82 Å². The Kier molecular flexibility index (Phi) is 2.01. The van der Waals surface area contributed by atoms with Crippen LogP contribution in [0.2, 0.25) is 0 Å². The zero-order valence-corrected chi connectivity index (χ0v) is 8.57. The van der Waals surface area contributed by atoms with E-state index < -0.39 is 0 Å². The predicted octanol–water partition coefficient (Wildman–Crippen LogP) is 3.12. The standard InChI is InChI=1S/C13H14FN/c14-10-4-6-13(7-5-10)15-11-2-1-3-12(15)9-8-11/h1-2,4-7,11-12H,3,8-9H2. The van der Waals surface area contributed by atoms with Crippen LogP contribution in [0.15, 0.2) is 36.4 Å². The van der Waals surface area contributed by atoms with Crippen molar-refractivity contribution < 1.29 is 4.39 Å². The average molecular weight is 203 g/mol. The molecule has 2 aliphatic rings. The Morgan fingerprint density at radius 1 is 1.13 bits per heavy atom. The molecule has 78 valence electrons. The lowest BCUT2D eigenvalue weighted by Crippen LogP contribution is -2.37. The Morgan fingerprint density at radius 3 is 2.67 bits per heavy atom. The fourth-order valence-electron chi connectivity index (χ4n) is 2.74. The maximum Gasteiger partial charge on any atom is 0.123 e. The van der Waals surface area contributed by atoms with Gasteiger partial charge in [0.25, 0.3) is 0 Å². The molecule has 0 amide bonds. The molecule has 1 nitrogen and oxygen atoms in total. The molecule has 0 radical (unpaired) electrons. The predicted molar refractivity (Wildman–Crippen MR) is 59.4 cm³/mol. The summed E-state index contributed by atoms with van der Waals surface area (Å²) in [4.78, 5) is 2.43. The van der Waals surface area contributed by atoms with Crippen LogP contribution in [0.25, 0.3) is 0 Å². The van der Waals surface area contributed by atoms with Crippen molar-refractivity contribution in [3.05, 3.63) is 42.2 Å². The van der Waals surface area contributed by atoms with Crippen molar-refractivity contribution >= 4 is 5.69 Å². The lowest BCUT2D eigenvalue weighted by Gasteiger charge is -2.33. The molecule has 0 N–H and O–H groups in total. The Morgan fingerprint density at radius 2 is 1.93 bits per heavy atom. The van der Waals surface area contributed by atoms with Gasteiger partial charge in [0, 0.05) is 17.8 Å². The van der Waals surface area contributed by atoms with Crippen LogP contribution in [-0.4, -0.2) is 12.1 Å². The number of anilines is 1. The van der Waals surface area contributed by atoms with E-state index in [2.05, 4.69) is 17.1 Å². The Labute approximate surface area is 89.2 Å². The number of rotatable bonds is 1. The zero-order valence-electron chi connectivity index (χ0n) is 8.57. The number of fused-ring (bicyclic) bond motifs is 2. The fourth-order valence-corrected chi connectivity index (χ4v) is 2.74. The molecule has 2 unspecified atom stereocenters. The first-order chi connectivity index (χ1) is 7.34. The van der Waals surface area contributed by atoms with Crippen molar-refractivity contribution in [2.24, 2.45) is 0 Å². The van der Waals surface area contributed by atoms with Crippen LogP contribution in [0.3, 0.4) is 0 Å². The minimum atomic E-state index is -0.154. The van der Waals surface area contributed by atoms with Gasteiger partial charge in [0.15, 0.2) is 0 Å². The summed E-state index contributed by atoms with van der Waals surface area (Å²) in [5.74, 6) is -0.154. The quantitative estimate of drug-likeness (QED) is 0.634. The van der Waals surface area contributed by atoms with Gasteiger partial charge in [-0.05, 0) is 43.5 Å². The summed E-state index contributed by atoms with van der Waals surface area (Å²) in [6.07, 6.45) is 8.19. The molecule has 1 fully saturated rings. The molecule has 1 aromatic carbocycles. The van der Waals surface area contributed by atoms with Gasteiger partial charge in [0.2, 0.25) is 0 Å². The molecule has 1 aromatic rings. The Hall–Kier alpha value is -1.31. The molecule has 2 heteroatoms. The highest BCUT2D eigenvalue weighted by Crippen LogP contribution is 2.35. The van der Waals surface area contributed by atoms with Gasteiger partial charge in [-0.1, -0.05) is 12.2 Å². The van der Waals surface area contributed by atoms with Crippen molar-refractivity contribution in [3.63, 3.8) is 0 Å². The highest BCUT2D eigenvalue weighted by atomic mass is 19.1. The van der Waals surface area contributed by atoms with Crippen molar-refractivity contribution in [1.29, 1.82) is 0 Å². The fraction of sp³-hybridized carbons (Fsp3) is 0.385. The summed E-state index contributed by atoms with van der Waals surface area (Å²) in [5, 5.41) is 0. The zero-order chi connectivity index (χ0) is 10.3. The van der Waals surface area contributed by atoms with Crippen LogP contribution >= 0.6 is 0 Å². The van der Waals surface area contributed by atoms with Crippen LogP contribution in [0.5, 0.6) is 0 Å². The molecule has 2 aliphatic heterocycles. The molecule has 2 heterocycles. The maximum atomic E-state index is 12.8. The molecule has 0 spiro atoms. The van der Waals surface area contributed by atoms with Crippen molar-refractivity contribution in [2.45, 2.75) is 31.3 Å². The monoisotopic (exact) mass is 203 g/mol. The third-order valence-electron chi connectivity index (χ3n) is 3.44. The van der Waals surface area contributed by atoms with Gasteiger partial charge in [-0.3, -0.25) is 0 Å². The van der Waals surface area contributed by atoms with Crippen molar-refractivity contribution in [1.82, 2.24) is 0 Å². The third-order valence-corrected chi connectivity index (χ3v) is 3.44. The normalized spacial score (nSPS) is 28.5. The SMILES string of the molecule is Fc1ccc(N2C3C=CCC2CC3)cc1. The second kappa shape index (κ2) is 3.37. The summed E-state index contributed by atoms with van der Waals surface area (Å²) < 4.78 is 12.8. The molecule has 2 bridgehead atoms. The molecule has 0 aliphatic carbocycles. The smallest absolute Gasteiger partial charge is 0.123 e. The second-order valence-corrected chi connectivity index (χ2v) is 4.35. The van der Waals surface area contributed by atoms with Gasteiger partial charge >= 0.3 is 0 Å². The minimum absolute atomic E-state index is 0.154. The molecule has 15 heavy (non-hydrogen) atoms. The van der Waals surface area contributed by atoms with E-state index in [1.54, 1.807) is 12.1 Å². The van der Waals surface area contributed by atoms with Gasteiger partial charge in [-0.2, -0.15) is 0 Å². The largest absolute Gasteiger partial charge is 0.362 e. The van der Waals surface area contributed by atoms with Gasteiger partial charge in [0.05, 0.1) is 0 Å². The minimum Gasteiger partial charge on any atom is -0.362 e. The van der Waals surface area contributed by atoms with E-state index in [4.69, 9.17) is 0 Å². The first-order valence-corrected chi connectivity index (χ1v) is 5.55. The van der Waals surface area contributed by atoms with Gasteiger partial charge in [-0.25, -0.2) is 4.39 Å². The first kappa shape index (κ1) is 8.96. The highest BCUT2D eigenvalue weighted by Gasteiger charge is 2.33. The molecule has 0 aromatic heterocycles. The number of hydrogen-bond donors (Lipinski definition) is 0. The number of hydrogen-bond acceptors (Lipinski definition) is 1. The van der Waals surface area contributed by atoms with Crippen LogP contribution in [0.1, 0.15) is 19.3 Å². The molecule has 3 rings (SSSR count). The highest BCUT2D eigenvalue weighted by molar-refractivity contribution is 5.52.